The van der Waals surface area contributed by atoms with Crippen LogP contribution in [0.3, 0.4) is 0 Å². The normalized spacial score (nSPS) is 31.0. The Bertz CT molecular complexity index is 568. The molecule has 3 rings (SSSR count). The quantitative estimate of drug-likeness (QED) is 0.679. The molecule has 1 aromatic carbocycles. The monoisotopic (exact) mass is 365 g/mol. The van der Waals surface area contributed by atoms with E-state index in [1.54, 1.807) is 7.11 Å². The van der Waals surface area contributed by atoms with Crippen molar-refractivity contribution in [2.75, 3.05) is 47.9 Å². The van der Waals surface area contributed by atoms with Crippen molar-refractivity contribution < 1.29 is 19.3 Å². The molecule has 2 N–H and O–H groups in total. The Morgan fingerprint density at radius 2 is 1.92 bits per heavy atom. The summed E-state index contributed by atoms with van der Waals surface area (Å²) >= 11 is 0. The number of aliphatic hydroxyl groups excluding tert-OH is 1. The Morgan fingerprint density at radius 1 is 1.19 bits per heavy atom. The average molecular weight is 365 g/mol. The Labute approximate surface area is 155 Å². The molecule has 0 saturated carbocycles. The highest BCUT2D eigenvalue weighted by Crippen LogP contribution is 2.31. The van der Waals surface area contributed by atoms with Crippen molar-refractivity contribution in [3.05, 3.63) is 29.8 Å². The van der Waals surface area contributed by atoms with Crippen LogP contribution >= 0.6 is 0 Å². The molecule has 7 heteroatoms. The molecular formula is C19H31N3O4. The average Bonchev–Trinajstić information content (AvgIpc) is 3.05. The van der Waals surface area contributed by atoms with E-state index in [9.17, 15) is 5.11 Å². The van der Waals surface area contributed by atoms with E-state index in [2.05, 4.69) is 15.1 Å². The van der Waals surface area contributed by atoms with Crippen LogP contribution in [0.15, 0.2) is 24.3 Å². The van der Waals surface area contributed by atoms with Crippen molar-refractivity contribution in [1.82, 2.24) is 15.1 Å². The molecule has 26 heavy (non-hydrogen) atoms. The number of nitrogens with one attached hydrogen (secondary N) is 1. The molecule has 2 aliphatic rings. The topological polar surface area (TPSA) is 66.4 Å². The fourth-order valence-electron chi connectivity index (χ4n) is 3.61. The third kappa shape index (κ3) is 4.36. The highest BCUT2D eigenvalue weighted by atomic mass is 16.7. The van der Waals surface area contributed by atoms with Gasteiger partial charge in [0, 0.05) is 19.6 Å². The van der Waals surface area contributed by atoms with Gasteiger partial charge in [0.25, 0.3) is 0 Å². The maximum Gasteiger partial charge on any atom is 0.176 e. The van der Waals surface area contributed by atoms with Gasteiger partial charge in [-0.1, -0.05) is 12.1 Å². The van der Waals surface area contributed by atoms with Gasteiger partial charge in [0.05, 0.1) is 31.9 Å². The van der Waals surface area contributed by atoms with Crippen molar-refractivity contribution >= 4 is 0 Å². The third-order valence-electron chi connectivity index (χ3n) is 5.24. The number of fused-ring (bicyclic) bond motifs is 2. The highest BCUT2D eigenvalue weighted by Gasteiger charge is 2.51. The summed E-state index contributed by atoms with van der Waals surface area (Å²) in [6.07, 6.45) is -1.03. The summed E-state index contributed by atoms with van der Waals surface area (Å²) < 4.78 is 17.0. The van der Waals surface area contributed by atoms with Gasteiger partial charge in [-0.15, -0.1) is 0 Å². The van der Waals surface area contributed by atoms with E-state index in [-0.39, 0.29) is 24.5 Å². The molecule has 146 valence electrons. The maximum atomic E-state index is 11.0. The lowest BCUT2D eigenvalue weighted by Crippen LogP contribution is -2.64. The van der Waals surface area contributed by atoms with Crippen molar-refractivity contribution in [1.29, 1.82) is 0 Å². The van der Waals surface area contributed by atoms with Crippen molar-refractivity contribution in [2.24, 2.45) is 0 Å². The second-order valence-corrected chi connectivity index (χ2v) is 7.40. The van der Waals surface area contributed by atoms with Crippen LogP contribution in [-0.2, 0) is 16.0 Å². The lowest BCUT2D eigenvalue weighted by atomic mass is 9.94. The van der Waals surface area contributed by atoms with Gasteiger partial charge in [-0.3, -0.25) is 4.90 Å². The first kappa shape index (κ1) is 19.5. The smallest absolute Gasteiger partial charge is 0.176 e. The molecular weight excluding hydrogens is 334 g/mol. The van der Waals surface area contributed by atoms with E-state index in [4.69, 9.17) is 14.2 Å². The molecule has 5 atom stereocenters. The summed E-state index contributed by atoms with van der Waals surface area (Å²) in [5, 5.41) is 14.5. The maximum absolute atomic E-state index is 11.0. The minimum Gasteiger partial charge on any atom is -0.497 e. The Kier molecular flexibility index (Phi) is 6.50. The molecule has 2 fully saturated rings. The number of aliphatic hydroxyl groups is 1. The predicted molar refractivity (Wildman–Crippen MR) is 99.2 cm³/mol. The molecule has 0 amide bonds. The zero-order valence-electron chi connectivity index (χ0n) is 16.1. The summed E-state index contributed by atoms with van der Waals surface area (Å²) in [5.41, 5.74) is 1.14. The Morgan fingerprint density at radius 3 is 2.58 bits per heavy atom. The van der Waals surface area contributed by atoms with Gasteiger partial charge < -0.3 is 29.5 Å². The summed E-state index contributed by atoms with van der Waals surface area (Å²) in [5.74, 6) is 0.837. The fourth-order valence-corrected chi connectivity index (χ4v) is 3.61. The van der Waals surface area contributed by atoms with Crippen LogP contribution in [0.2, 0.25) is 0 Å². The SMILES string of the molecule is COc1ccc(CNC2C3COC(O3)C(N(C)CCN(C)C)C2O)cc1. The molecule has 2 heterocycles. The predicted octanol–water partition coefficient (Wildman–Crippen LogP) is 0.131. The van der Waals surface area contributed by atoms with Gasteiger partial charge in [0.1, 0.15) is 11.9 Å². The largest absolute Gasteiger partial charge is 0.497 e. The highest BCUT2D eigenvalue weighted by molar-refractivity contribution is 5.27. The second-order valence-electron chi connectivity index (χ2n) is 7.40. The van der Waals surface area contributed by atoms with Crippen LogP contribution in [0.25, 0.3) is 0 Å². The van der Waals surface area contributed by atoms with Crippen molar-refractivity contribution in [3.63, 3.8) is 0 Å². The van der Waals surface area contributed by atoms with Gasteiger partial charge in [-0.05, 0) is 38.8 Å². The molecule has 0 aliphatic carbocycles. The van der Waals surface area contributed by atoms with Crippen LogP contribution in [0.1, 0.15) is 5.56 Å². The number of hydrogen-bond donors (Lipinski definition) is 2. The number of ether oxygens (including phenoxy) is 3. The van der Waals surface area contributed by atoms with Gasteiger partial charge in [0.15, 0.2) is 6.29 Å². The second kappa shape index (κ2) is 8.65. The molecule has 2 bridgehead atoms. The van der Waals surface area contributed by atoms with Crippen LogP contribution in [0.5, 0.6) is 5.75 Å². The Hall–Kier alpha value is -1.22. The van der Waals surface area contributed by atoms with Crippen LogP contribution in [0, 0.1) is 0 Å². The van der Waals surface area contributed by atoms with E-state index in [0.29, 0.717) is 13.2 Å². The first-order chi connectivity index (χ1) is 12.5. The summed E-state index contributed by atoms with van der Waals surface area (Å²) in [4.78, 5) is 4.27. The molecule has 2 saturated heterocycles. The molecule has 5 unspecified atom stereocenters. The van der Waals surface area contributed by atoms with Crippen LogP contribution < -0.4 is 10.1 Å². The number of benzene rings is 1. The molecule has 0 spiro atoms. The first-order valence-corrected chi connectivity index (χ1v) is 9.16. The molecule has 7 nitrogen and oxygen atoms in total. The first-order valence-electron chi connectivity index (χ1n) is 9.16. The van der Waals surface area contributed by atoms with Gasteiger partial charge in [0.2, 0.25) is 0 Å². The standard InChI is InChI=1S/C19H31N3O4/c1-21(2)9-10-22(3)17-18(23)16(15-12-25-19(17)26-15)20-11-13-5-7-14(24-4)8-6-13/h5-8,15-20,23H,9-12H2,1-4H3. The fraction of sp³-hybridized carbons (Fsp3) is 0.684. The van der Waals surface area contributed by atoms with Crippen LogP contribution in [-0.4, -0.2) is 93.4 Å². The summed E-state index contributed by atoms with van der Waals surface area (Å²) in [6.45, 7) is 2.93. The minimum atomic E-state index is -0.549. The summed E-state index contributed by atoms with van der Waals surface area (Å²) in [7, 11) is 7.77. The molecule has 0 radical (unpaired) electrons. The number of nitrogens with zero attached hydrogens (tertiary/aromatic N) is 2. The third-order valence-corrected chi connectivity index (χ3v) is 5.24. The number of rotatable bonds is 8. The molecule has 1 aromatic rings. The zero-order chi connectivity index (χ0) is 18.7. The van der Waals surface area contributed by atoms with E-state index in [1.807, 2.05) is 45.4 Å². The van der Waals surface area contributed by atoms with Gasteiger partial charge in [-0.25, -0.2) is 0 Å². The van der Waals surface area contributed by atoms with E-state index >= 15 is 0 Å². The summed E-state index contributed by atoms with van der Waals surface area (Å²) in [6, 6.07) is 7.59. The van der Waals surface area contributed by atoms with E-state index in [0.717, 1.165) is 24.4 Å². The van der Waals surface area contributed by atoms with Crippen molar-refractivity contribution in [3.8, 4) is 5.75 Å². The minimum absolute atomic E-state index is 0.119. The van der Waals surface area contributed by atoms with Crippen molar-refractivity contribution in [2.45, 2.75) is 37.1 Å². The van der Waals surface area contributed by atoms with Gasteiger partial charge in [-0.2, -0.15) is 0 Å². The van der Waals surface area contributed by atoms with Crippen LogP contribution in [0.4, 0.5) is 0 Å². The number of hydrogen-bond acceptors (Lipinski definition) is 7. The molecule has 2 aliphatic heterocycles. The number of methoxy groups -OCH3 is 1. The Balaban J connectivity index is 1.62. The van der Waals surface area contributed by atoms with Gasteiger partial charge >= 0.3 is 0 Å². The zero-order valence-corrected chi connectivity index (χ0v) is 16.1. The molecule has 0 aromatic heterocycles. The van der Waals surface area contributed by atoms with E-state index in [1.165, 1.54) is 0 Å². The number of likely N-dealkylation sites (N-methyl/N-ethyl adjacent to an activating group) is 2. The van der Waals surface area contributed by atoms with E-state index < -0.39 is 6.10 Å². The lowest BCUT2D eigenvalue weighted by Gasteiger charge is -2.43. The lowest BCUT2D eigenvalue weighted by molar-refractivity contribution is -0.179.